The predicted molar refractivity (Wildman–Crippen MR) is 118 cm³/mol. The lowest BCUT2D eigenvalue weighted by Gasteiger charge is -2.21. The lowest BCUT2D eigenvalue weighted by molar-refractivity contribution is -0.121. The van der Waals surface area contributed by atoms with Crippen LogP contribution in [-0.4, -0.2) is 35.1 Å². The second-order valence-electron chi connectivity index (χ2n) is 7.17. The summed E-state index contributed by atoms with van der Waals surface area (Å²) in [6.45, 7) is 2.68. The summed E-state index contributed by atoms with van der Waals surface area (Å²) in [5.41, 5.74) is 1.81. The number of nitrogens with one attached hydrogen (secondary N) is 1. The monoisotopic (exact) mass is 430 g/mol. The third-order valence-corrected chi connectivity index (χ3v) is 6.29. The van der Waals surface area contributed by atoms with Crippen molar-refractivity contribution in [3.05, 3.63) is 56.7 Å². The molecule has 1 N–H and O–H groups in total. The number of carbonyl (C=O) groups excluding carboxylic acids is 1. The van der Waals surface area contributed by atoms with Crippen LogP contribution in [-0.2, 0) is 17.8 Å². The number of rotatable bonds is 7. The van der Waals surface area contributed by atoms with Crippen LogP contribution in [0.25, 0.3) is 10.2 Å². The molecule has 0 spiro atoms. The molecule has 6 nitrogen and oxygen atoms in total. The van der Waals surface area contributed by atoms with Crippen molar-refractivity contribution in [3.8, 4) is 0 Å². The molecule has 1 aliphatic rings. The van der Waals surface area contributed by atoms with Gasteiger partial charge in [-0.25, -0.2) is 4.98 Å². The van der Waals surface area contributed by atoms with Gasteiger partial charge in [-0.1, -0.05) is 23.7 Å². The maximum Gasteiger partial charge on any atom is 0.272 e. The van der Waals surface area contributed by atoms with Crippen molar-refractivity contribution in [1.29, 1.82) is 0 Å². The summed E-state index contributed by atoms with van der Waals surface area (Å²) in [5, 5.41) is 5.53. The number of fused-ring (bicyclic) bond motifs is 1. The van der Waals surface area contributed by atoms with Crippen LogP contribution in [0.3, 0.4) is 0 Å². The SMILES string of the molecule is O=C(CCn1c(N2CCCC2)nc2ccsc2c1=O)NCCc1ccc(Cl)cc1. The van der Waals surface area contributed by atoms with E-state index in [9.17, 15) is 9.59 Å². The number of benzene rings is 1. The molecule has 1 saturated heterocycles. The van der Waals surface area contributed by atoms with E-state index < -0.39 is 0 Å². The highest BCUT2D eigenvalue weighted by atomic mass is 35.5. The molecule has 0 aliphatic carbocycles. The van der Waals surface area contributed by atoms with Gasteiger partial charge in [-0.05, 0) is 48.4 Å². The summed E-state index contributed by atoms with van der Waals surface area (Å²) in [4.78, 5) is 32.2. The molecule has 0 saturated carbocycles. The van der Waals surface area contributed by atoms with E-state index in [0.717, 1.165) is 43.4 Å². The zero-order chi connectivity index (χ0) is 20.2. The van der Waals surface area contributed by atoms with Crippen molar-refractivity contribution in [2.75, 3.05) is 24.5 Å². The van der Waals surface area contributed by atoms with E-state index in [1.54, 1.807) is 4.57 Å². The van der Waals surface area contributed by atoms with Gasteiger partial charge in [-0.15, -0.1) is 11.3 Å². The number of amides is 1. The highest BCUT2D eigenvalue weighted by molar-refractivity contribution is 7.17. The number of nitrogens with zero attached hydrogens (tertiary/aromatic N) is 3. The third-order valence-electron chi connectivity index (χ3n) is 5.15. The number of halogens is 1. The van der Waals surface area contributed by atoms with Gasteiger partial charge in [-0.3, -0.25) is 14.2 Å². The van der Waals surface area contributed by atoms with E-state index in [-0.39, 0.29) is 17.9 Å². The number of anilines is 1. The van der Waals surface area contributed by atoms with E-state index in [2.05, 4.69) is 10.2 Å². The Hall–Kier alpha value is -2.38. The first-order chi connectivity index (χ1) is 14.1. The lowest BCUT2D eigenvalue weighted by atomic mass is 10.1. The molecule has 3 heterocycles. The summed E-state index contributed by atoms with van der Waals surface area (Å²) in [7, 11) is 0. The Kier molecular flexibility index (Phi) is 6.16. The second-order valence-corrected chi connectivity index (χ2v) is 8.53. The molecule has 0 bridgehead atoms. The number of carbonyl (C=O) groups is 1. The Morgan fingerprint density at radius 2 is 1.93 bits per heavy atom. The minimum absolute atomic E-state index is 0.0548. The summed E-state index contributed by atoms with van der Waals surface area (Å²) >= 11 is 7.29. The number of hydrogen-bond acceptors (Lipinski definition) is 5. The highest BCUT2D eigenvalue weighted by Gasteiger charge is 2.21. The molecule has 1 aromatic carbocycles. The van der Waals surface area contributed by atoms with Gasteiger partial charge >= 0.3 is 0 Å². The van der Waals surface area contributed by atoms with Gasteiger partial charge in [0.1, 0.15) is 4.70 Å². The fraction of sp³-hybridized carbons (Fsp3) is 0.381. The topological polar surface area (TPSA) is 67.2 Å². The van der Waals surface area contributed by atoms with E-state index in [1.165, 1.54) is 11.3 Å². The van der Waals surface area contributed by atoms with Crippen molar-refractivity contribution in [3.63, 3.8) is 0 Å². The average Bonchev–Trinajstić information content (AvgIpc) is 3.40. The Morgan fingerprint density at radius 1 is 1.17 bits per heavy atom. The fourth-order valence-electron chi connectivity index (χ4n) is 3.59. The Labute approximate surface area is 178 Å². The molecule has 0 unspecified atom stereocenters. The molecule has 29 heavy (non-hydrogen) atoms. The summed E-state index contributed by atoms with van der Waals surface area (Å²) in [6.07, 6.45) is 3.19. The molecule has 1 aliphatic heterocycles. The van der Waals surface area contributed by atoms with E-state index in [1.807, 2.05) is 35.7 Å². The first-order valence-corrected chi connectivity index (χ1v) is 11.1. The summed E-state index contributed by atoms with van der Waals surface area (Å²) < 4.78 is 2.32. The van der Waals surface area contributed by atoms with Crippen LogP contribution in [0.2, 0.25) is 5.02 Å². The van der Waals surface area contributed by atoms with Crippen molar-refractivity contribution in [1.82, 2.24) is 14.9 Å². The second kappa shape index (κ2) is 8.97. The predicted octanol–water partition coefficient (Wildman–Crippen LogP) is 3.46. The maximum atomic E-state index is 13.0. The maximum absolute atomic E-state index is 13.0. The Balaban J connectivity index is 1.41. The van der Waals surface area contributed by atoms with Gasteiger partial charge in [-0.2, -0.15) is 0 Å². The van der Waals surface area contributed by atoms with Crippen molar-refractivity contribution < 1.29 is 4.79 Å². The molecule has 0 radical (unpaired) electrons. The van der Waals surface area contributed by atoms with Gasteiger partial charge in [0.15, 0.2) is 0 Å². The van der Waals surface area contributed by atoms with E-state index >= 15 is 0 Å². The molecule has 1 amide bonds. The van der Waals surface area contributed by atoms with Crippen LogP contribution in [0.15, 0.2) is 40.5 Å². The standard InChI is InChI=1S/C21H23ClN4O2S/c22-16-5-3-15(4-6-16)7-10-23-18(27)8-13-26-20(28)19-17(9-14-29-19)24-21(26)25-11-1-2-12-25/h3-6,9,14H,1-2,7-8,10-13H2,(H,23,27). The zero-order valence-electron chi connectivity index (χ0n) is 16.1. The van der Waals surface area contributed by atoms with Gasteiger partial charge in [0.25, 0.3) is 5.56 Å². The molecular formula is C21H23ClN4O2S. The number of hydrogen-bond donors (Lipinski definition) is 1. The highest BCUT2D eigenvalue weighted by Crippen LogP contribution is 2.22. The van der Waals surface area contributed by atoms with Gasteiger partial charge in [0, 0.05) is 37.6 Å². The first-order valence-electron chi connectivity index (χ1n) is 9.86. The molecule has 1 fully saturated rings. The van der Waals surface area contributed by atoms with E-state index in [4.69, 9.17) is 16.6 Å². The minimum atomic E-state index is -0.0653. The van der Waals surface area contributed by atoms with Crippen LogP contribution in [0.4, 0.5) is 5.95 Å². The zero-order valence-corrected chi connectivity index (χ0v) is 17.6. The summed E-state index contributed by atoms with van der Waals surface area (Å²) in [5.74, 6) is 0.622. The van der Waals surface area contributed by atoms with Crippen LogP contribution in [0.1, 0.15) is 24.8 Å². The molecule has 8 heteroatoms. The Bertz CT molecular complexity index is 1050. The van der Waals surface area contributed by atoms with Crippen molar-refractivity contribution in [2.24, 2.45) is 0 Å². The van der Waals surface area contributed by atoms with Gasteiger partial charge in [0.2, 0.25) is 11.9 Å². The lowest BCUT2D eigenvalue weighted by Crippen LogP contribution is -2.33. The third kappa shape index (κ3) is 4.62. The molecule has 3 aromatic rings. The van der Waals surface area contributed by atoms with Gasteiger partial charge < -0.3 is 10.2 Å². The number of thiophene rings is 1. The normalized spacial score (nSPS) is 13.9. The van der Waals surface area contributed by atoms with Crippen LogP contribution >= 0.6 is 22.9 Å². The van der Waals surface area contributed by atoms with Gasteiger partial charge in [0.05, 0.1) is 5.52 Å². The summed E-state index contributed by atoms with van der Waals surface area (Å²) in [6, 6.07) is 9.49. The largest absolute Gasteiger partial charge is 0.356 e. The minimum Gasteiger partial charge on any atom is -0.356 e. The van der Waals surface area contributed by atoms with Crippen molar-refractivity contribution >= 4 is 45.0 Å². The van der Waals surface area contributed by atoms with E-state index in [0.29, 0.717) is 28.8 Å². The Morgan fingerprint density at radius 3 is 2.69 bits per heavy atom. The van der Waals surface area contributed by atoms with Crippen LogP contribution < -0.4 is 15.8 Å². The molecule has 4 rings (SSSR count). The number of aromatic nitrogens is 2. The first kappa shape index (κ1) is 19.9. The molecular weight excluding hydrogens is 408 g/mol. The molecule has 2 aromatic heterocycles. The molecule has 152 valence electrons. The quantitative estimate of drug-likeness (QED) is 0.623. The smallest absolute Gasteiger partial charge is 0.272 e. The average molecular weight is 431 g/mol. The van der Waals surface area contributed by atoms with Crippen LogP contribution in [0, 0.1) is 0 Å². The fourth-order valence-corrected chi connectivity index (χ4v) is 4.50. The molecule has 0 atom stereocenters. The van der Waals surface area contributed by atoms with Crippen molar-refractivity contribution in [2.45, 2.75) is 32.2 Å². The van der Waals surface area contributed by atoms with Crippen LogP contribution in [0.5, 0.6) is 0 Å².